The molecule has 0 aliphatic carbocycles. The van der Waals surface area contributed by atoms with Gasteiger partial charge in [-0.1, -0.05) is 54.6 Å². The van der Waals surface area contributed by atoms with Gasteiger partial charge in [0.1, 0.15) is 18.2 Å². The molecular formula is C33H28FNO4. The lowest BCUT2D eigenvalue weighted by Crippen LogP contribution is -2.17. The van der Waals surface area contributed by atoms with Gasteiger partial charge >= 0.3 is 5.97 Å². The zero-order chi connectivity index (χ0) is 26.8. The Labute approximate surface area is 226 Å². The number of nitrogens with zero attached hydrogens (tertiary/aromatic N) is 1. The van der Waals surface area contributed by atoms with Crippen molar-refractivity contribution in [1.29, 1.82) is 0 Å². The first-order valence-electron chi connectivity index (χ1n) is 13.1. The van der Waals surface area contributed by atoms with Crippen LogP contribution in [0, 0.1) is 5.82 Å². The first kappa shape index (κ1) is 24.9. The van der Waals surface area contributed by atoms with E-state index in [1.54, 1.807) is 12.1 Å². The maximum Gasteiger partial charge on any atom is 0.335 e. The van der Waals surface area contributed by atoms with E-state index in [-0.39, 0.29) is 17.3 Å². The van der Waals surface area contributed by atoms with Crippen LogP contribution >= 0.6 is 0 Å². The first-order valence-corrected chi connectivity index (χ1v) is 13.1. The van der Waals surface area contributed by atoms with E-state index in [1.807, 2.05) is 66.7 Å². The van der Waals surface area contributed by atoms with Gasteiger partial charge in [-0.2, -0.15) is 0 Å². The second-order valence-corrected chi connectivity index (χ2v) is 9.77. The molecule has 2 heterocycles. The molecule has 196 valence electrons. The summed E-state index contributed by atoms with van der Waals surface area (Å²) in [4.78, 5) is 11.6. The SMILES string of the molecule is O=C(O)c1ccc(-n2c(C3CCOCC3)c(-c3ccc(F)cc3)c3cccc(OCc4ccccc4)c32)cc1. The summed E-state index contributed by atoms with van der Waals surface area (Å²) in [6, 6.07) is 29.6. The fraction of sp³-hybridized carbons (Fsp3) is 0.182. The summed E-state index contributed by atoms with van der Waals surface area (Å²) in [7, 11) is 0. The molecule has 0 atom stereocenters. The highest BCUT2D eigenvalue weighted by molar-refractivity contribution is 6.02. The topological polar surface area (TPSA) is 60.7 Å². The summed E-state index contributed by atoms with van der Waals surface area (Å²) in [6.45, 7) is 1.72. The molecular weight excluding hydrogens is 493 g/mol. The van der Waals surface area contributed by atoms with Crippen LogP contribution in [0.2, 0.25) is 0 Å². The van der Waals surface area contributed by atoms with Crippen molar-refractivity contribution in [3.8, 4) is 22.6 Å². The van der Waals surface area contributed by atoms with Crippen LogP contribution in [0.1, 0.15) is 40.4 Å². The second kappa shape index (κ2) is 10.8. The largest absolute Gasteiger partial charge is 0.487 e. The fourth-order valence-corrected chi connectivity index (χ4v) is 5.48. The summed E-state index contributed by atoms with van der Waals surface area (Å²) >= 11 is 0. The minimum Gasteiger partial charge on any atom is -0.487 e. The zero-order valence-corrected chi connectivity index (χ0v) is 21.3. The number of benzene rings is 4. The number of fused-ring (bicyclic) bond motifs is 1. The molecule has 39 heavy (non-hydrogen) atoms. The van der Waals surface area contributed by atoms with Crippen molar-refractivity contribution in [3.63, 3.8) is 0 Å². The number of carbonyl (C=O) groups is 1. The van der Waals surface area contributed by atoms with Gasteiger partial charge in [0.2, 0.25) is 0 Å². The smallest absolute Gasteiger partial charge is 0.335 e. The second-order valence-electron chi connectivity index (χ2n) is 9.77. The highest BCUT2D eigenvalue weighted by atomic mass is 19.1. The van der Waals surface area contributed by atoms with Crippen LogP contribution in [0.15, 0.2) is 97.1 Å². The number of hydrogen-bond acceptors (Lipinski definition) is 3. The van der Waals surface area contributed by atoms with Crippen molar-refractivity contribution in [2.45, 2.75) is 25.4 Å². The number of carboxylic acid groups (broad SMARTS) is 1. The molecule has 6 heteroatoms. The Morgan fingerprint density at radius 2 is 1.62 bits per heavy atom. The minimum absolute atomic E-state index is 0.187. The molecule has 0 spiro atoms. The van der Waals surface area contributed by atoms with Gasteiger partial charge in [0.05, 0.1) is 11.1 Å². The standard InChI is InChI=1S/C33H28FNO4/c34-26-13-9-23(10-14-26)30-28-7-4-8-29(39-21-22-5-2-1-3-6-22)32(28)35(31(30)24-17-19-38-20-18-24)27-15-11-25(12-16-27)33(36)37/h1-16,24H,17-21H2,(H,36,37). The van der Waals surface area contributed by atoms with E-state index in [1.165, 1.54) is 12.1 Å². The lowest BCUT2D eigenvalue weighted by Gasteiger charge is -2.26. The Hall–Kier alpha value is -4.42. The molecule has 1 aliphatic rings. The van der Waals surface area contributed by atoms with Crippen molar-refractivity contribution in [2.24, 2.45) is 0 Å². The molecule has 4 aromatic carbocycles. The van der Waals surface area contributed by atoms with Crippen molar-refractivity contribution in [2.75, 3.05) is 13.2 Å². The van der Waals surface area contributed by atoms with Crippen LogP contribution < -0.4 is 4.74 Å². The average molecular weight is 522 g/mol. The van der Waals surface area contributed by atoms with E-state index in [9.17, 15) is 14.3 Å². The van der Waals surface area contributed by atoms with Gasteiger partial charge in [-0.25, -0.2) is 9.18 Å². The van der Waals surface area contributed by atoms with Crippen LogP contribution in [0.3, 0.4) is 0 Å². The highest BCUT2D eigenvalue weighted by Crippen LogP contribution is 2.46. The molecule has 0 bridgehead atoms. The quantitative estimate of drug-likeness (QED) is 0.239. The Bertz CT molecular complexity index is 1600. The van der Waals surface area contributed by atoms with E-state index < -0.39 is 5.97 Å². The summed E-state index contributed by atoms with van der Waals surface area (Å²) in [5.41, 5.74) is 6.07. The summed E-state index contributed by atoms with van der Waals surface area (Å²) in [5.74, 6) is -0.346. The van der Waals surface area contributed by atoms with Gasteiger partial charge in [-0.3, -0.25) is 0 Å². The van der Waals surface area contributed by atoms with Crippen LogP contribution in [-0.2, 0) is 11.3 Å². The Balaban J connectivity index is 1.62. The molecule has 1 fully saturated rings. The fourth-order valence-electron chi connectivity index (χ4n) is 5.48. The minimum atomic E-state index is -0.970. The number of ether oxygens (including phenoxy) is 2. The van der Waals surface area contributed by atoms with Crippen molar-refractivity contribution < 1.29 is 23.8 Å². The number of hydrogen-bond donors (Lipinski definition) is 1. The van der Waals surface area contributed by atoms with Gasteiger partial charge < -0.3 is 19.1 Å². The van der Waals surface area contributed by atoms with Crippen LogP contribution in [0.4, 0.5) is 4.39 Å². The maximum absolute atomic E-state index is 14.0. The third kappa shape index (κ3) is 4.91. The van der Waals surface area contributed by atoms with Crippen molar-refractivity contribution >= 4 is 16.9 Å². The predicted octanol–water partition coefficient (Wildman–Crippen LogP) is 7.61. The molecule has 0 unspecified atom stereocenters. The number of carboxylic acids is 1. The lowest BCUT2D eigenvalue weighted by molar-refractivity contribution is 0.0696. The van der Waals surface area contributed by atoms with E-state index in [4.69, 9.17) is 9.47 Å². The summed E-state index contributed by atoms with van der Waals surface area (Å²) < 4.78 is 28.3. The molecule has 1 aromatic heterocycles. The molecule has 1 aliphatic heterocycles. The predicted molar refractivity (Wildman–Crippen MR) is 149 cm³/mol. The summed E-state index contributed by atoms with van der Waals surface area (Å²) in [6.07, 6.45) is 1.69. The number of para-hydroxylation sites is 1. The number of aromatic nitrogens is 1. The van der Waals surface area contributed by atoms with Crippen LogP contribution in [0.5, 0.6) is 5.75 Å². The molecule has 0 radical (unpaired) electrons. The Kier molecular flexibility index (Phi) is 6.86. The monoisotopic (exact) mass is 521 g/mol. The normalized spacial score (nSPS) is 14.0. The molecule has 5 nitrogen and oxygen atoms in total. The van der Waals surface area contributed by atoms with E-state index in [2.05, 4.69) is 10.6 Å². The first-order chi connectivity index (χ1) is 19.1. The third-order valence-corrected chi connectivity index (χ3v) is 7.34. The third-order valence-electron chi connectivity index (χ3n) is 7.34. The molecule has 5 aromatic rings. The molecule has 0 amide bonds. The Morgan fingerprint density at radius 3 is 2.31 bits per heavy atom. The van der Waals surface area contributed by atoms with E-state index >= 15 is 0 Å². The maximum atomic E-state index is 14.0. The highest BCUT2D eigenvalue weighted by Gasteiger charge is 2.29. The van der Waals surface area contributed by atoms with Gasteiger partial charge in [-0.15, -0.1) is 0 Å². The Morgan fingerprint density at radius 1 is 0.897 bits per heavy atom. The molecule has 0 saturated carbocycles. The van der Waals surface area contributed by atoms with Crippen molar-refractivity contribution in [3.05, 3.63) is 120 Å². The van der Waals surface area contributed by atoms with E-state index in [0.717, 1.165) is 57.6 Å². The zero-order valence-electron chi connectivity index (χ0n) is 21.3. The average Bonchev–Trinajstić information content (AvgIpc) is 3.33. The van der Waals surface area contributed by atoms with Crippen molar-refractivity contribution in [1.82, 2.24) is 4.57 Å². The van der Waals surface area contributed by atoms with Gasteiger partial charge in [0, 0.05) is 41.5 Å². The number of halogens is 1. The molecule has 1 N–H and O–H groups in total. The van der Waals surface area contributed by atoms with Crippen LogP contribution in [0.25, 0.3) is 27.7 Å². The summed E-state index contributed by atoms with van der Waals surface area (Å²) in [5, 5.41) is 10.5. The number of rotatable bonds is 7. The van der Waals surface area contributed by atoms with Gasteiger partial charge in [0.15, 0.2) is 0 Å². The lowest BCUT2D eigenvalue weighted by atomic mass is 9.90. The molecule has 6 rings (SSSR count). The van der Waals surface area contributed by atoms with Gasteiger partial charge in [-0.05, 0) is 66.4 Å². The van der Waals surface area contributed by atoms with Crippen LogP contribution in [-0.4, -0.2) is 28.9 Å². The van der Waals surface area contributed by atoms with E-state index in [0.29, 0.717) is 19.8 Å². The number of aromatic carboxylic acids is 1. The molecule has 1 saturated heterocycles. The van der Waals surface area contributed by atoms with Gasteiger partial charge in [0.25, 0.3) is 0 Å².